The van der Waals surface area contributed by atoms with Crippen LogP contribution in [0.3, 0.4) is 0 Å². The lowest BCUT2D eigenvalue weighted by Crippen LogP contribution is -1.98. The smallest absolute Gasteiger partial charge is 0.138 e. The molecule has 1 aromatic carbocycles. The zero-order valence-corrected chi connectivity index (χ0v) is 12.2. The lowest BCUT2D eigenvalue weighted by Gasteiger charge is -2.06. The summed E-state index contributed by atoms with van der Waals surface area (Å²) in [4.78, 5) is 0. The van der Waals surface area contributed by atoms with Crippen molar-refractivity contribution in [3.8, 4) is 11.4 Å². The van der Waals surface area contributed by atoms with Gasteiger partial charge in [-0.05, 0) is 31.2 Å². The first kappa shape index (κ1) is 14.8. The van der Waals surface area contributed by atoms with Crippen LogP contribution in [0.1, 0.15) is 18.2 Å². The Bertz CT molecular complexity index is 567. The van der Waals surface area contributed by atoms with Crippen molar-refractivity contribution >= 4 is 11.6 Å². The van der Waals surface area contributed by atoms with Gasteiger partial charge in [0.15, 0.2) is 0 Å². The summed E-state index contributed by atoms with van der Waals surface area (Å²) in [5, 5.41) is 14.2. The van der Waals surface area contributed by atoms with Gasteiger partial charge in [0.2, 0.25) is 0 Å². The molecule has 1 aromatic heterocycles. The van der Waals surface area contributed by atoms with E-state index in [4.69, 9.17) is 21.1 Å². The number of benzene rings is 1. The van der Waals surface area contributed by atoms with Crippen LogP contribution in [0.5, 0.6) is 5.75 Å². The number of hydrogen-bond donors (Lipinski definition) is 1. The molecule has 0 atom stereocenters. The van der Waals surface area contributed by atoms with Crippen LogP contribution in [0.2, 0.25) is 5.15 Å². The monoisotopic (exact) mass is 296 g/mol. The molecule has 6 heteroatoms. The SMILES string of the molecule is CCOc1ccc(-n2nc(COC)c(CO)c2Cl)cc1. The number of nitrogens with zero attached hydrogens (tertiary/aromatic N) is 2. The van der Waals surface area contributed by atoms with E-state index in [2.05, 4.69) is 5.10 Å². The minimum Gasteiger partial charge on any atom is -0.494 e. The fraction of sp³-hybridized carbons (Fsp3) is 0.357. The Morgan fingerprint density at radius 2 is 2.00 bits per heavy atom. The summed E-state index contributed by atoms with van der Waals surface area (Å²) >= 11 is 6.25. The van der Waals surface area contributed by atoms with Crippen molar-refractivity contribution < 1.29 is 14.6 Å². The highest BCUT2D eigenvalue weighted by Gasteiger charge is 2.16. The summed E-state index contributed by atoms with van der Waals surface area (Å²) in [6.45, 7) is 2.69. The second-order valence-corrected chi connectivity index (χ2v) is 4.50. The van der Waals surface area contributed by atoms with E-state index in [1.165, 1.54) is 0 Å². The van der Waals surface area contributed by atoms with E-state index in [1.807, 2.05) is 31.2 Å². The first-order valence-electron chi connectivity index (χ1n) is 6.30. The summed E-state index contributed by atoms with van der Waals surface area (Å²) in [6, 6.07) is 7.43. The molecule has 0 aliphatic heterocycles. The van der Waals surface area contributed by atoms with Gasteiger partial charge in [-0.25, -0.2) is 4.68 Å². The number of methoxy groups -OCH3 is 1. The molecular weight excluding hydrogens is 280 g/mol. The summed E-state index contributed by atoms with van der Waals surface area (Å²) in [6.07, 6.45) is 0. The summed E-state index contributed by atoms with van der Waals surface area (Å²) in [7, 11) is 1.57. The number of halogens is 1. The fourth-order valence-electron chi connectivity index (χ4n) is 1.90. The minimum atomic E-state index is -0.172. The standard InChI is InChI=1S/C14H17ClN2O3/c1-3-20-11-6-4-10(5-7-11)17-14(15)12(8-18)13(16-17)9-19-2/h4-7,18H,3,8-9H2,1-2H3. The molecule has 2 aromatic rings. The van der Waals surface area contributed by atoms with E-state index in [-0.39, 0.29) is 6.61 Å². The highest BCUT2D eigenvalue weighted by atomic mass is 35.5. The molecule has 1 N–H and O–H groups in total. The van der Waals surface area contributed by atoms with Gasteiger partial charge in [-0.15, -0.1) is 0 Å². The molecule has 0 bridgehead atoms. The number of ether oxygens (including phenoxy) is 2. The van der Waals surface area contributed by atoms with Gasteiger partial charge in [0, 0.05) is 12.7 Å². The molecule has 0 aliphatic rings. The van der Waals surface area contributed by atoms with Crippen LogP contribution >= 0.6 is 11.6 Å². The van der Waals surface area contributed by atoms with E-state index in [0.29, 0.717) is 29.6 Å². The van der Waals surface area contributed by atoms with Crippen molar-refractivity contribution in [3.05, 3.63) is 40.7 Å². The molecule has 0 aliphatic carbocycles. The average Bonchev–Trinajstić information content (AvgIpc) is 2.77. The normalized spacial score (nSPS) is 10.8. The Kier molecular flexibility index (Phi) is 5.00. The first-order valence-corrected chi connectivity index (χ1v) is 6.68. The zero-order chi connectivity index (χ0) is 14.5. The third kappa shape index (κ3) is 2.95. The molecule has 0 saturated carbocycles. The maximum absolute atomic E-state index is 9.39. The third-order valence-electron chi connectivity index (χ3n) is 2.84. The Morgan fingerprint density at radius 3 is 2.55 bits per heavy atom. The predicted molar refractivity (Wildman–Crippen MR) is 76.4 cm³/mol. The van der Waals surface area contributed by atoms with Crippen molar-refractivity contribution in [1.29, 1.82) is 0 Å². The number of aliphatic hydroxyl groups excluding tert-OH is 1. The minimum absolute atomic E-state index is 0.172. The fourth-order valence-corrected chi connectivity index (χ4v) is 2.21. The van der Waals surface area contributed by atoms with Crippen LogP contribution in [0, 0.1) is 0 Å². The largest absolute Gasteiger partial charge is 0.494 e. The molecule has 0 spiro atoms. The van der Waals surface area contributed by atoms with Crippen LogP contribution in [0.15, 0.2) is 24.3 Å². The van der Waals surface area contributed by atoms with Gasteiger partial charge in [0.1, 0.15) is 10.9 Å². The molecule has 0 unspecified atom stereocenters. The second-order valence-electron chi connectivity index (χ2n) is 4.15. The highest BCUT2D eigenvalue weighted by Crippen LogP contribution is 2.25. The lowest BCUT2D eigenvalue weighted by atomic mass is 10.2. The average molecular weight is 297 g/mol. The summed E-state index contributed by atoms with van der Waals surface area (Å²) in [5.74, 6) is 0.791. The number of aromatic nitrogens is 2. The summed E-state index contributed by atoms with van der Waals surface area (Å²) < 4.78 is 12.0. The molecule has 5 nitrogen and oxygen atoms in total. The molecule has 108 valence electrons. The van der Waals surface area contributed by atoms with Gasteiger partial charge >= 0.3 is 0 Å². The van der Waals surface area contributed by atoms with Crippen molar-refractivity contribution in [1.82, 2.24) is 9.78 Å². The van der Waals surface area contributed by atoms with Gasteiger partial charge < -0.3 is 14.6 Å². The van der Waals surface area contributed by atoms with Crippen molar-refractivity contribution in [2.24, 2.45) is 0 Å². The van der Waals surface area contributed by atoms with Crippen LogP contribution < -0.4 is 4.74 Å². The van der Waals surface area contributed by atoms with Crippen LogP contribution in [0.4, 0.5) is 0 Å². The molecular formula is C14H17ClN2O3. The Morgan fingerprint density at radius 1 is 1.30 bits per heavy atom. The molecule has 0 amide bonds. The Labute approximate surface area is 122 Å². The van der Waals surface area contributed by atoms with Crippen molar-refractivity contribution in [2.75, 3.05) is 13.7 Å². The van der Waals surface area contributed by atoms with E-state index in [0.717, 1.165) is 11.4 Å². The zero-order valence-electron chi connectivity index (χ0n) is 11.5. The maximum atomic E-state index is 9.39. The Balaban J connectivity index is 2.36. The van der Waals surface area contributed by atoms with Gasteiger partial charge in [0.05, 0.1) is 31.2 Å². The van der Waals surface area contributed by atoms with E-state index in [1.54, 1.807) is 11.8 Å². The Hall–Kier alpha value is -1.56. The van der Waals surface area contributed by atoms with Crippen LogP contribution in [-0.4, -0.2) is 28.6 Å². The maximum Gasteiger partial charge on any atom is 0.138 e. The first-order chi connectivity index (χ1) is 9.71. The molecule has 1 heterocycles. The van der Waals surface area contributed by atoms with E-state index < -0.39 is 0 Å². The molecule has 20 heavy (non-hydrogen) atoms. The molecule has 2 rings (SSSR count). The van der Waals surface area contributed by atoms with Gasteiger partial charge in [-0.2, -0.15) is 5.10 Å². The second kappa shape index (κ2) is 6.74. The van der Waals surface area contributed by atoms with Gasteiger partial charge in [-0.3, -0.25) is 0 Å². The highest BCUT2D eigenvalue weighted by molar-refractivity contribution is 6.30. The van der Waals surface area contributed by atoms with E-state index in [9.17, 15) is 5.11 Å². The quantitative estimate of drug-likeness (QED) is 0.890. The van der Waals surface area contributed by atoms with Gasteiger partial charge in [0.25, 0.3) is 0 Å². The molecule has 0 fully saturated rings. The van der Waals surface area contributed by atoms with Gasteiger partial charge in [-0.1, -0.05) is 11.6 Å². The third-order valence-corrected chi connectivity index (χ3v) is 3.22. The topological polar surface area (TPSA) is 56.5 Å². The summed E-state index contributed by atoms with van der Waals surface area (Å²) in [5.41, 5.74) is 2.02. The molecule has 0 radical (unpaired) electrons. The van der Waals surface area contributed by atoms with Crippen molar-refractivity contribution in [2.45, 2.75) is 20.1 Å². The molecule has 0 saturated heterocycles. The lowest BCUT2D eigenvalue weighted by molar-refractivity contribution is 0.178. The number of rotatable bonds is 6. The van der Waals surface area contributed by atoms with E-state index >= 15 is 0 Å². The van der Waals surface area contributed by atoms with Crippen LogP contribution in [-0.2, 0) is 18.0 Å². The van der Waals surface area contributed by atoms with Crippen molar-refractivity contribution in [3.63, 3.8) is 0 Å². The number of hydrogen-bond acceptors (Lipinski definition) is 4. The predicted octanol–water partition coefficient (Wildman–Crippen LogP) is 2.56. The number of aliphatic hydroxyl groups is 1. The van der Waals surface area contributed by atoms with Crippen LogP contribution in [0.25, 0.3) is 5.69 Å².